The summed E-state index contributed by atoms with van der Waals surface area (Å²) < 4.78 is 65.1. The molecule has 2 aromatic carbocycles. The minimum Gasteiger partial charge on any atom is -0.399 e. The number of thioether (sulfide) groups is 1. The topological polar surface area (TPSA) is 72.2 Å². The van der Waals surface area contributed by atoms with E-state index < -0.39 is 21.8 Å². The number of hydrogen-bond donors (Lipinski definition) is 2. The third kappa shape index (κ3) is 4.23. The standard InChI is InChI=1S/C17H13F3N2O2S2/c18-17(19,20)13-3-1-2-12(8-13)10-16-25-15(22-26(16,23)24)9-11-4-6-14(21)7-5-11/h1-10,22H,21H2/b15-9-,16-10-. The maximum atomic E-state index is 12.8. The summed E-state index contributed by atoms with van der Waals surface area (Å²) in [5, 5.41) is 0.355. The Balaban J connectivity index is 1.91. The van der Waals surface area contributed by atoms with Gasteiger partial charge in [-0.3, -0.25) is 4.72 Å². The Kier molecular flexibility index (Phi) is 4.76. The summed E-state index contributed by atoms with van der Waals surface area (Å²) in [7, 11) is -3.81. The summed E-state index contributed by atoms with van der Waals surface area (Å²) in [6, 6.07) is 11.3. The molecule has 1 aliphatic heterocycles. The number of hydrogen-bond acceptors (Lipinski definition) is 4. The van der Waals surface area contributed by atoms with Crippen molar-refractivity contribution in [1.29, 1.82) is 0 Å². The smallest absolute Gasteiger partial charge is 0.399 e. The lowest BCUT2D eigenvalue weighted by Gasteiger charge is -2.06. The van der Waals surface area contributed by atoms with Gasteiger partial charge >= 0.3 is 6.18 Å². The second-order valence-corrected chi connectivity index (χ2v) is 8.46. The number of nitrogen functional groups attached to an aromatic ring is 1. The Hall–Kier alpha value is -2.39. The van der Waals surface area contributed by atoms with Crippen LogP contribution < -0.4 is 10.5 Å². The Morgan fingerprint density at radius 1 is 1.00 bits per heavy atom. The minimum atomic E-state index is -4.49. The van der Waals surface area contributed by atoms with Gasteiger partial charge in [0, 0.05) is 5.69 Å². The molecule has 4 nitrogen and oxygen atoms in total. The molecule has 0 radical (unpaired) electrons. The fourth-order valence-corrected chi connectivity index (χ4v) is 4.87. The molecular weight excluding hydrogens is 385 g/mol. The monoisotopic (exact) mass is 398 g/mol. The maximum absolute atomic E-state index is 12.8. The van der Waals surface area contributed by atoms with Crippen LogP contribution in [0.5, 0.6) is 0 Å². The van der Waals surface area contributed by atoms with E-state index in [9.17, 15) is 21.6 Å². The van der Waals surface area contributed by atoms with Crippen molar-refractivity contribution in [3.63, 3.8) is 0 Å². The SMILES string of the molecule is Nc1ccc(/C=C2/NS(=O)(=O)/C(=C\c3cccc(C(F)(F)F)c3)S2)cc1. The predicted molar refractivity (Wildman–Crippen MR) is 97.9 cm³/mol. The summed E-state index contributed by atoms with van der Waals surface area (Å²) in [5.74, 6) is 0. The highest BCUT2D eigenvalue weighted by molar-refractivity contribution is 8.23. The number of nitrogens with two attached hydrogens (primary N) is 1. The molecular formula is C17H13F3N2O2S2. The number of alkyl halides is 3. The fourth-order valence-electron chi connectivity index (χ4n) is 2.22. The zero-order chi connectivity index (χ0) is 18.9. The number of benzene rings is 2. The van der Waals surface area contributed by atoms with Gasteiger partial charge in [-0.2, -0.15) is 13.2 Å². The summed E-state index contributed by atoms with van der Waals surface area (Å²) in [5.41, 5.74) is 6.24. The van der Waals surface area contributed by atoms with Gasteiger partial charge in [0.2, 0.25) is 0 Å². The molecule has 136 valence electrons. The first-order valence-electron chi connectivity index (χ1n) is 7.30. The molecule has 2 aromatic rings. The molecule has 0 aromatic heterocycles. The lowest BCUT2D eigenvalue weighted by atomic mass is 10.1. The molecule has 1 saturated heterocycles. The minimum absolute atomic E-state index is 0.0708. The maximum Gasteiger partial charge on any atom is 0.416 e. The summed E-state index contributed by atoms with van der Waals surface area (Å²) in [6.07, 6.45) is -1.66. The first-order chi connectivity index (χ1) is 12.1. The summed E-state index contributed by atoms with van der Waals surface area (Å²) in [4.78, 5) is 0. The van der Waals surface area contributed by atoms with Gasteiger partial charge in [0.25, 0.3) is 10.0 Å². The van der Waals surface area contributed by atoms with Crippen LogP contribution in [-0.4, -0.2) is 8.42 Å². The van der Waals surface area contributed by atoms with E-state index in [1.54, 1.807) is 30.3 Å². The highest BCUT2D eigenvalue weighted by atomic mass is 32.3. The van der Waals surface area contributed by atoms with Gasteiger partial charge in [-0.15, -0.1) is 0 Å². The highest BCUT2D eigenvalue weighted by Crippen LogP contribution is 2.38. The van der Waals surface area contributed by atoms with Crippen molar-refractivity contribution >= 4 is 39.6 Å². The largest absolute Gasteiger partial charge is 0.416 e. The molecule has 1 fully saturated rings. The van der Waals surface area contributed by atoms with Crippen molar-refractivity contribution in [2.45, 2.75) is 6.18 Å². The molecule has 0 spiro atoms. The quantitative estimate of drug-likeness (QED) is 0.742. The van der Waals surface area contributed by atoms with Crippen LogP contribution >= 0.6 is 11.8 Å². The third-order valence-electron chi connectivity index (χ3n) is 3.44. The van der Waals surface area contributed by atoms with Crippen LogP contribution in [0.2, 0.25) is 0 Å². The molecule has 0 atom stereocenters. The van der Waals surface area contributed by atoms with Crippen molar-refractivity contribution < 1.29 is 21.6 Å². The van der Waals surface area contributed by atoms with Crippen molar-refractivity contribution in [2.24, 2.45) is 0 Å². The van der Waals surface area contributed by atoms with Crippen LogP contribution in [0.4, 0.5) is 18.9 Å². The third-order valence-corrected chi connectivity index (χ3v) is 6.38. The second-order valence-electron chi connectivity index (χ2n) is 5.47. The summed E-state index contributed by atoms with van der Waals surface area (Å²) >= 11 is 0.935. The molecule has 9 heteroatoms. The number of halogens is 3. The Morgan fingerprint density at radius 3 is 2.35 bits per heavy atom. The van der Waals surface area contributed by atoms with Gasteiger partial charge in [0.1, 0.15) is 4.24 Å². The molecule has 0 aliphatic carbocycles. The lowest BCUT2D eigenvalue weighted by Crippen LogP contribution is -2.14. The van der Waals surface area contributed by atoms with E-state index in [1.165, 1.54) is 18.2 Å². The van der Waals surface area contributed by atoms with Gasteiger partial charge < -0.3 is 5.73 Å². The Morgan fingerprint density at radius 2 is 1.69 bits per heavy atom. The zero-order valence-corrected chi connectivity index (χ0v) is 14.8. The molecule has 0 unspecified atom stereocenters. The average molecular weight is 398 g/mol. The van der Waals surface area contributed by atoms with E-state index >= 15 is 0 Å². The molecule has 26 heavy (non-hydrogen) atoms. The van der Waals surface area contributed by atoms with Crippen LogP contribution in [0.25, 0.3) is 12.2 Å². The molecule has 0 bridgehead atoms. The van der Waals surface area contributed by atoms with Crippen molar-refractivity contribution in [1.82, 2.24) is 4.72 Å². The van der Waals surface area contributed by atoms with Crippen LogP contribution in [0, 0.1) is 0 Å². The normalized spacial score (nSPS) is 19.7. The lowest BCUT2D eigenvalue weighted by molar-refractivity contribution is -0.137. The van der Waals surface area contributed by atoms with Crippen LogP contribution in [0.1, 0.15) is 16.7 Å². The van der Waals surface area contributed by atoms with E-state index in [0.29, 0.717) is 10.7 Å². The van der Waals surface area contributed by atoms with Crippen LogP contribution in [0.3, 0.4) is 0 Å². The van der Waals surface area contributed by atoms with Gasteiger partial charge in [-0.05, 0) is 47.5 Å². The fraction of sp³-hybridized carbons (Fsp3) is 0.0588. The van der Waals surface area contributed by atoms with E-state index in [2.05, 4.69) is 4.72 Å². The highest BCUT2D eigenvalue weighted by Gasteiger charge is 2.31. The van der Waals surface area contributed by atoms with E-state index in [4.69, 9.17) is 5.73 Å². The molecule has 3 rings (SSSR count). The molecule has 1 aliphatic rings. The molecule has 3 N–H and O–H groups in total. The van der Waals surface area contributed by atoms with Crippen molar-refractivity contribution in [3.05, 3.63) is 74.5 Å². The molecule has 1 heterocycles. The average Bonchev–Trinajstić information content (AvgIpc) is 2.83. The van der Waals surface area contributed by atoms with Gasteiger partial charge in [-0.1, -0.05) is 36.0 Å². The van der Waals surface area contributed by atoms with E-state index in [1.807, 2.05) is 0 Å². The Labute approximate surface area is 152 Å². The van der Waals surface area contributed by atoms with Gasteiger partial charge in [0.15, 0.2) is 0 Å². The molecule has 0 saturated carbocycles. The van der Waals surface area contributed by atoms with Crippen molar-refractivity contribution in [3.8, 4) is 0 Å². The van der Waals surface area contributed by atoms with Crippen LogP contribution in [-0.2, 0) is 16.2 Å². The molecule has 0 amide bonds. The predicted octanol–water partition coefficient (Wildman–Crippen LogP) is 4.25. The number of nitrogens with one attached hydrogen (secondary N) is 1. The second kappa shape index (κ2) is 6.73. The Bertz CT molecular complexity index is 995. The van der Waals surface area contributed by atoms with E-state index in [0.717, 1.165) is 29.5 Å². The number of sulfonamides is 1. The van der Waals surface area contributed by atoms with Crippen LogP contribution in [0.15, 0.2) is 57.8 Å². The summed E-state index contributed by atoms with van der Waals surface area (Å²) in [6.45, 7) is 0. The van der Waals surface area contributed by atoms with E-state index in [-0.39, 0.29) is 9.80 Å². The number of anilines is 1. The van der Waals surface area contributed by atoms with Gasteiger partial charge in [0.05, 0.1) is 10.6 Å². The first-order valence-corrected chi connectivity index (χ1v) is 9.60. The first kappa shape index (κ1) is 18.4. The van der Waals surface area contributed by atoms with Gasteiger partial charge in [-0.25, -0.2) is 8.42 Å². The van der Waals surface area contributed by atoms with Crippen molar-refractivity contribution in [2.75, 3.05) is 5.73 Å². The zero-order valence-electron chi connectivity index (χ0n) is 13.1. The number of rotatable bonds is 2.